The molecule has 1 fully saturated rings. The molecule has 0 aliphatic carbocycles. The summed E-state index contributed by atoms with van der Waals surface area (Å²) in [6.07, 6.45) is 0. The molecule has 1 N–H and O–H groups in total. The average Bonchev–Trinajstić information content (AvgIpc) is 2.79. The van der Waals surface area contributed by atoms with E-state index in [1.165, 1.54) is 5.56 Å². The largest absolute Gasteiger partial charge is 0.483 e. The van der Waals surface area contributed by atoms with Gasteiger partial charge in [-0.2, -0.15) is 0 Å². The van der Waals surface area contributed by atoms with Gasteiger partial charge in [0.1, 0.15) is 5.75 Å². The molecule has 0 unspecified atom stereocenters. The summed E-state index contributed by atoms with van der Waals surface area (Å²) in [7, 11) is 2.13. The summed E-state index contributed by atoms with van der Waals surface area (Å²) in [4.78, 5) is 17.1. The molecule has 1 aromatic heterocycles. The van der Waals surface area contributed by atoms with E-state index in [2.05, 4.69) is 44.5 Å². The first kappa shape index (κ1) is 22.7. The third-order valence-corrected chi connectivity index (χ3v) is 5.87. The van der Waals surface area contributed by atoms with Crippen LogP contribution in [0.4, 0.5) is 11.5 Å². The number of benzene rings is 2. The van der Waals surface area contributed by atoms with E-state index in [1.54, 1.807) is 0 Å². The van der Waals surface area contributed by atoms with Crippen molar-refractivity contribution in [1.82, 2.24) is 15.1 Å². The van der Waals surface area contributed by atoms with E-state index in [4.69, 9.17) is 4.74 Å². The van der Waals surface area contributed by atoms with E-state index in [0.29, 0.717) is 5.69 Å². The summed E-state index contributed by atoms with van der Waals surface area (Å²) < 4.78 is 5.81. The van der Waals surface area contributed by atoms with Crippen LogP contribution in [-0.4, -0.2) is 60.8 Å². The summed E-state index contributed by atoms with van der Waals surface area (Å²) in [6.45, 7) is 9.95. The average molecular weight is 446 g/mol. The Labute approximate surface area is 195 Å². The van der Waals surface area contributed by atoms with Crippen LogP contribution >= 0.6 is 0 Å². The SMILES string of the molecule is Cc1cc(C)c(OCC(=O)Nc2cccc(-c3ccc(N4CCN(C)CC4)nn3)c2)c(C)c1. The molecule has 33 heavy (non-hydrogen) atoms. The van der Waals surface area contributed by atoms with E-state index in [-0.39, 0.29) is 12.5 Å². The topological polar surface area (TPSA) is 70.6 Å². The molecule has 2 heterocycles. The van der Waals surface area contributed by atoms with Crippen LogP contribution in [0.2, 0.25) is 0 Å². The van der Waals surface area contributed by atoms with Crippen LogP contribution in [0.3, 0.4) is 0 Å². The summed E-state index contributed by atoms with van der Waals surface area (Å²) in [5.74, 6) is 1.46. The Balaban J connectivity index is 1.38. The second kappa shape index (κ2) is 10.0. The van der Waals surface area contributed by atoms with Crippen LogP contribution in [0.5, 0.6) is 5.75 Å². The lowest BCUT2D eigenvalue weighted by molar-refractivity contribution is -0.118. The van der Waals surface area contributed by atoms with Crippen molar-refractivity contribution in [2.24, 2.45) is 0 Å². The van der Waals surface area contributed by atoms with Crippen LogP contribution in [0, 0.1) is 20.8 Å². The minimum Gasteiger partial charge on any atom is -0.483 e. The number of ether oxygens (including phenoxy) is 1. The van der Waals surface area contributed by atoms with Gasteiger partial charge in [0, 0.05) is 37.4 Å². The lowest BCUT2D eigenvalue weighted by atomic mass is 10.1. The Hall–Kier alpha value is -3.45. The number of anilines is 2. The molecule has 172 valence electrons. The number of piperazine rings is 1. The lowest BCUT2D eigenvalue weighted by Crippen LogP contribution is -2.44. The van der Waals surface area contributed by atoms with E-state index in [9.17, 15) is 4.79 Å². The Bertz CT molecular complexity index is 1100. The minimum absolute atomic E-state index is 0.0471. The number of carbonyl (C=O) groups excluding carboxylic acids is 1. The quantitative estimate of drug-likeness (QED) is 0.622. The predicted octanol–water partition coefficient (Wildman–Crippen LogP) is 3.84. The number of carbonyl (C=O) groups is 1. The maximum Gasteiger partial charge on any atom is 0.262 e. The molecular weight excluding hydrogens is 414 g/mol. The molecule has 1 aliphatic rings. The van der Waals surface area contributed by atoms with Gasteiger partial charge < -0.3 is 19.9 Å². The van der Waals surface area contributed by atoms with Gasteiger partial charge in [-0.3, -0.25) is 4.79 Å². The minimum atomic E-state index is -0.206. The van der Waals surface area contributed by atoms with Crippen molar-refractivity contribution in [3.63, 3.8) is 0 Å². The molecule has 0 saturated carbocycles. The van der Waals surface area contributed by atoms with Crippen molar-refractivity contribution in [1.29, 1.82) is 0 Å². The molecule has 1 amide bonds. The predicted molar refractivity (Wildman–Crippen MR) is 132 cm³/mol. The first-order chi connectivity index (χ1) is 15.9. The summed E-state index contributed by atoms with van der Waals surface area (Å²) >= 11 is 0. The van der Waals surface area contributed by atoms with Crippen LogP contribution in [0.25, 0.3) is 11.3 Å². The number of aromatic nitrogens is 2. The first-order valence-corrected chi connectivity index (χ1v) is 11.3. The molecule has 0 bridgehead atoms. The lowest BCUT2D eigenvalue weighted by Gasteiger charge is -2.32. The highest BCUT2D eigenvalue weighted by Crippen LogP contribution is 2.25. The second-order valence-electron chi connectivity index (χ2n) is 8.71. The van der Waals surface area contributed by atoms with E-state index in [0.717, 1.165) is 60.1 Å². The van der Waals surface area contributed by atoms with Gasteiger partial charge >= 0.3 is 0 Å². The summed E-state index contributed by atoms with van der Waals surface area (Å²) in [6, 6.07) is 15.7. The van der Waals surface area contributed by atoms with Crippen molar-refractivity contribution >= 4 is 17.4 Å². The third kappa shape index (κ3) is 5.68. The van der Waals surface area contributed by atoms with Crippen LogP contribution in [-0.2, 0) is 4.79 Å². The molecule has 0 spiro atoms. The monoisotopic (exact) mass is 445 g/mol. The molecule has 3 aromatic rings. The first-order valence-electron chi connectivity index (χ1n) is 11.3. The normalized spacial score (nSPS) is 14.2. The van der Waals surface area contributed by atoms with Crippen LogP contribution in [0.1, 0.15) is 16.7 Å². The van der Waals surface area contributed by atoms with Gasteiger partial charge in [-0.15, -0.1) is 10.2 Å². The number of rotatable bonds is 6. The Morgan fingerprint density at radius 2 is 1.70 bits per heavy atom. The fourth-order valence-corrected chi connectivity index (χ4v) is 4.17. The zero-order valence-electron chi connectivity index (χ0n) is 19.8. The van der Waals surface area contributed by atoms with Gasteiger partial charge in [0.05, 0.1) is 5.69 Å². The van der Waals surface area contributed by atoms with Crippen molar-refractivity contribution in [3.05, 3.63) is 65.2 Å². The fraction of sp³-hybridized carbons (Fsp3) is 0.346. The molecule has 7 nitrogen and oxygen atoms in total. The number of nitrogens with zero attached hydrogens (tertiary/aromatic N) is 4. The van der Waals surface area contributed by atoms with E-state index in [1.807, 2.05) is 57.2 Å². The number of amides is 1. The highest BCUT2D eigenvalue weighted by molar-refractivity contribution is 5.92. The molecule has 4 rings (SSSR count). The maximum atomic E-state index is 12.5. The van der Waals surface area contributed by atoms with Crippen molar-refractivity contribution < 1.29 is 9.53 Å². The standard InChI is InChI=1S/C26H31N5O2/c1-18-14-19(2)26(20(3)15-18)33-17-25(32)27-22-7-5-6-21(16-22)23-8-9-24(29-28-23)31-12-10-30(4)11-13-31/h5-9,14-16H,10-13,17H2,1-4H3,(H,27,32). The molecule has 2 aromatic carbocycles. The zero-order valence-corrected chi connectivity index (χ0v) is 19.8. The van der Waals surface area contributed by atoms with Gasteiger partial charge in [-0.05, 0) is 63.2 Å². The van der Waals surface area contributed by atoms with Crippen molar-refractivity contribution in [2.45, 2.75) is 20.8 Å². The van der Waals surface area contributed by atoms with E-state index >= 15 is 0 Å². The van der Waals surface area contributed by atoms with Gasteiger partial charge in [0.25, 0.3) is 5.91 Å². The molecule has 0 radical (unpaired) electrons. The number of likely N-dealkylation sites (N-methyl/N-ethyl adjacent to an activating group) is 1. The summed E-state index contributed by atoms with van der Waals surface area (Å²) in [5, 5.41) is 11.8. The van der Waals surface area contributed by atoms with E-state index < -0.39 is 0 Å². The highest BCUT2D eigenvalue weighted by atomic mass is 16.5. The van der Waals surface area contributed by atoms with Crippen LogP contribution < -0.4 is 15.0 Å². The molecule has 0 atom stereocenters. The van der Waals surface area contributed by atoms with Gasteiger partial charge in [-0.25, -0.2) is 0 Å². The third-order valence-electron chi connectivity index (χ3n) is 5.87. The van der Waals surface area contributed by atoms with Crippen LogP contribution in [0.15, 0.2) is 48.5 Å². The summed E-state index contributed by atoms with van der Waals surface area (Å²) in [5.41, 5.74) is 5.60. The highest BCUT2D eigenvalue weighted by Gasteiger charge is 2.16. The second-order valence-corrected chi connectivity index (χ2v) is 8.71. The number of nitrogens with one attached hydrogen (secondary N) is 1. The molecule has 1 aliphatic heterocycles. The van der Waals surface area contributed by atoms with Crippen molar-refractivity contribution in [2.75, 3.05) is 50.1 Å². The molecule has 7 heteroatoms. The number of aryl methyl sites for hydroxylation is 3. The Kier molecular flexibility index (Phi) is 6.89. The van der Waals surface area contributed by atoms with Gasteiger partial charge in [-0.1, -0.05) is 29.8 Å². The smallest absolute Gasteiger partial charge is 0.262 e. The Morgan fingerprint density at radius 3 is 2.36 bits per heavy atom. The number of hydrogen-bond donors (Lipinski definition) is 1. The number of hydrogen-bond acceptors (Lipinski definition) is 6. The maximum absolute atomic E-state index is 12.5. The zero-order chi connectivity index (χ0) is 23.4. The van der Waals surface area contributed by atoms with Crippen molar-refractivity contribution in [3.8, 4) is 17.0 Å². The molecule has 1 saturated heterocycles. The fourth-order valence-electron chi connectivity index (χ4n) is 4.17. The van der Waals surface area contributed by atoms with Gasteiger partial charge in [0.15, 0.2) is 12.4 Å². The van der Waals surface area contributed by atoms with Gasteiger partial charge in [0.2, 0.25) is 0 Å². The molecular formula is C26H31N5O2. The Morgan fingerprint density at radius 1 is 0.970 bits per heavy atom.